The summed E-state index contributed by atoms with van der Waals surface area (Å²) < 4.78 is 16.8. The maximum atomic E-state index is 12.2. The Kier molecular flexibility index (Phi) is 11.6. The van der Waals surface area contributed by atoms with E-state index in [9.17, 15) is 24.0 Å². The Morgan fingerprint density at radius 2 is 1.08 bits per heavy atom. The van der Waals surface area contributed by atoms with Gasteiger partial charge in [0.2, 0.25) is 11.8 Å². The molecule has 0 aliphatic carbocycles. The Hall–Kier alpha value is -4.85. The minimum atomic E-state index is -0.638. The van der Waals surface area contributed by atoms with E-state index < -0.39 is 23.7 Å². The van der Waals surface area contributed by atoms with Crippen molar-refractivity contribution in [2.45, 2.75) is 64.3 Å². The summed E-state index contributed by atoms with van der Waals surface area (Å²) >= 11 is 0. The number of piperidine rings is 2. The Morgan fingerprint density at radius 1 is 0.653 bits per heavy atom. The third-order valence-electron chi connectivity index (χ3n) is 8.39. The molecule has 49 heavy (non-hydrogen) atoms. The first-order valence-electron chi connectivity index (χ1n) is 16.8. The average molecular weight is 679 g/mol. The predicted octanol–water partition coefficient (Wildman–Crippen LogP) is 2.21. The Labute approximate surface area is 286 Å². The molecular formula is C35H46N6O8. The number of anilines is 2. The van der Waals surface area contributed by atoms with Gasteiger partial charge in [-0.3, -0.25) is 29.8 Å². The number of piperazine rings is 2. The molecule has 14 heteroatoms. The number of nitrogens with one attached hydrogen (secondary N) is 3. The van der Waals surface area contributed by atoms with Crippen LogP contribution in [0.5, 0.6) is 11.5 Å². The third kappa shape index (κ3) is 10.3. The highest BCUT2D eigenvalue weighted by Gasteiger charge is 2.30. The predicted molar refractivity (Wildman–Crippen MR) is 182 cm³/mol. The normalized spacial score (nSPS) is 21.6. The van der Waals surface area contributed by atoms with Crippen molar-refractivity contribution in [3.05, 3.63) is 48.5 Å². The standard InChI is InChI=1S/C20H27N3O5.C15H19N3O3/c1-20(2,3)28-19(26)23-12-10-22(11-13-23)14-4-6-15(7-5-14)27-16-8-9-17(24)21-18(16)25;19-14-6-5-13(15(20)17-14)21-12-3-1-11(2-4-12)18-9-7-16-8-10-18/h4-7,16H,8-13H2,1-3H3,(H,21,24,25);1-4,13,16H,5-10H2,(H,17,19,20). The Morgan fingerprint density at radius 3 is 1.49 bits per heavy atom. The molecule has 264 valence electrons. The second-order valence-corrected chi connectivity index (χ2v) is 13.3. The highest BCUT2D eigenvalue weighted by molar-refractivity contribution is 6.00. The SMILES string of the molecule is CC(C)(C)OC(=O)N1CCN(c2ccc(OC3CCC(=O)NC3=O)cc2)CC1.O=C1CCC(Oc2ccc(N3CCNCC3)cc2)C(=O)N1. The third-order valence-corrected chi connectivity index (χ3v) is 8.39. The second kappa shape index (κ2) is 16.0. The molecule has 0 radical (unpaired) electrons. The van der Waals surface area contributed by atoms with Gasteiger partial charge in [0.1, 0.15) is 17.1 Å². The molecule has 4 heterocycles. The highest BCUT2D eigenvalue weighted by atomic mass is 16.6. The van der Waals surface area contributed by atoms with Gasteiger partial charge in [0.25, 0.3) is 11.8 Å². The molecule has 0 saturated carbocycles. The monoisotopic (exact) mass is 678 g/mol. The first-order valence-corrected chi connectivity index (χ1v) is 16.8. The highest BCUT2D eigenvalue weighted by Crippen LogP contribution is 2.24. The zero-order valence-corrected chi connectivity index (χ0v) is 28.4. The van der Waals surface area contributed by atoms with Crippen LogP contribution in [0.1, 0.15) is 46.5 Å². The largest absolute Gasteiger partial charge is 0.481 e. The lowest BCUT2D eigenvalue weighted by molar-refractivity contribution is -0.140. The molecular weight excluding hydrogens is 632 g/mol. The van der Waals surface area contributed by atoms with Crippen molar-refractivity contribution in [3.8, 4) is 11.5 Å². The van der Waals surface area contributed by atoms with Gasteiger partial charge in [-0.25, -0.2) is 4.79 Å². The summed E-state index contributed by atoms with van der Waals surface area (Å²) in [7, 11) is 0. The first-order chi connectivity index (χ1) is 23.4. The van der Waals surface area contributed by atoms with E-state index in [2.05, 4.69) is 25.8 Å². The molecule has 5 amide bonds. The number of benzene rings is 2. The number of carbonyl (C=O) groups is 5. The fourth-order valence-electron chi connectivity index (χ4n) is 5.77. The summed E-state index contributed by atoms with van der Waals surface area (Å²) in [6, 6.07) is 15.3. The van der Waals surface area contributed by atoms with E-state index >= 15 is 0 Å². The summed E-state index contributed by atoms with van der Waals surface area (Å²) in [5.41, 5.74) is 1.69. The van der Waals surface area contributed by atoms with E-state index in [1.807, 2.05) is 69.3 Å². The maximum Gasteiger partial charge on any atom is 0.410 e. The van der Waals surface area contributed by atoms with Crippen molar-refractivity contribution in [2.75, 3.05) is 62.2 Å². The molecule has 4 aliphatic rings. The lowest BCUT2D eigenvalue weighted by atomic mass is 10.1. The molecule has 0 spiro atoms. The number of hydrogen-bond acceptors (Lipinski definition) is 11. The number of nitrogens with zero attached hydrogens (tertiary/aromatic N) is 3. The van der Waals surface area contributed by atoms with Crippen molar-refractivity contribution in [1.29, 1.82) is 0 Å². The smallest absolute Gasteiger partial charge is 0.410 e. The van der Waals surface area contributed by atoms with Crippen LogP contribution in [0, 0.1) is 0 Å². The van der Waals surface area contributed by atoms with Crippen LogP contribution >= 0.6 is 0 Å². The van der Waals surface area contributed by atoms with Gasteiger partial charge in [-0.05, 0) is 69.3 Å². The zero-order chi connectivity index (χ0) is 35.0. The fraction of sp³-hybridized carbons (Fsp3) is 0.514. The lowest BCUT2D eigenvalue weighted by Crippen LogP contribution is -2.50. The first kappa shape index (κ1) is 35.5. The lowest BCUT2D eigenvalue weighted by Gasteiger charge is -2.36. The molecule has 14 nitrogen and oxygen atoms in total. The molecule has 2 unspecified atom stereocenters. The fourth-order valence-corrected chi connectivity index (χ4v) is 5.77. The van der Waals surface area contributed by atoms with E-state index in [-0.39, 0.29) is 30.2 Å². The van der Waals surface area contributed by atoms with Crippen molar-refractivity contribution < 1.29 is 38.2 Å². The van der Waals surface area contributed by atoms with E-state index in [1.165, 1.54) is 0 Å². The molecule has 2 aromatic carbocycles. The van der Waals surface area contributed by atoms with Gasteiger partial charge in [-0.1, -0.05) is 0 Å². The quantitative estimate of drug-likeness (QED) is 0.385. The van der Waals surface area contributed by atoms with Gasteiger partial charge < -0.3 is 34.2 Å². The number of ether oxygens (including phenoxy) is 3. The number of rotatable bonds is 6. The van der Waals surface area contributed by atoms with Gasteiger partial charge in [0, 0.05) is 89.4 Å². The molecule has 2 atom stereocenters. The molecule has 4 aliphatic heterocycles. The van der Waals surface area contributed by atoms with Crippen LogP contribution in [-0.4, -0.2) is 105 Å². The van der Waals surface area contributed by atoms with Crippen molar-refractivity contribution >= 4 is 41.1 Å². The Bertz CT molecular complexity index is 1480. The molecule has 3 N–H and O–H groups in total. The van der Waals surface area contributed by atoms with Crippen LogP contribution in [0.4, 0.5) is 16.2 Å². The van der Waals surface area contributed by atoms with Crippen LogP contribution in [0.15, 0.2) is 48.5 Å². The topological polar surface area (TPSA) is 159 Å². The second-order valence-electron chi connectivity index (χ2n) is 13.3. The van der Waals surface area contributed by atoms with Crippen LogP contribution in [0.3, 0.4) is 0 Å². The molecule has 6 rings (SSSR count). The molecule has 0 bridgehead atoms. The van der Waals surface area contributed by atoms with Crippen molar-refractivity contribution in [2.24, 2.45) is 0 Å². The van der Waals surface area contributed by atoms with Crippen LogP contribution in [-0.2, 0) is 23.9 Å². The number of hydrogen-bond donors (Lipinski definition) is 3. The maximum absolute atomic E-state index is 12.2. The number of carbonyl (C=O) groups excluding carboxylic acids is 5. The van der Waals surface area contributed by atoms with E-state index in [0.29, 0.717) is 56.9 Å². The number of amides is 5. The van der Waals surface area contributed by atoms with Crippen molar-refractivity contribution in [3.63, 3.8) is 0 Å². The van der Waals surface area contributed by atoms with Crippen LogP contribution in [0.25, 0.3) is 0 Å². The molecule has 4 fully saturated rings. The number of imide groups is 2. The summed E-state index contributed by atoms with van der Waals surface area (Å²) in [5.74, 6) is 0.0182. The summed E-state index contributed by atoms with van der Waals surface area (Å²) in [4.78, 5) is 64.1. The summed E-state index contributed by atoms with van der Waals surface area (Å²) in [6.45, 7) is 12.2. The van der Waals surface area contributed by atoms with Crippen LogP contribution < -0.4 is 35.2 Å². The van der Waals surface area contributed by atoms with Gasteiger partial charge >= 0.3 is 6.09 Å². The summed E-state index contributed by atoms with van der Waals surface area (Å²) in [5, 5.41) is 7.90. The Balaban J connectivity index is 0.000000199. The van der Waals surface area contributed by atoms with E-state index in [4.69, 9.17) is 14.2 Å². The minimum Gasteiger partial charge on any atom is -0.481 e. The molecule has 0 aromatic heterocycles. The average Bonchev–Trinajstić information content (AvgIpc) is 3.08. The molecule has 4 saturated heterocycles. The summed E-state index contributed by atoms with van der Waals surface area (Å²) in [6.07, 6.45) is -0.0524. The van der Waals surface area contributed by atoms with E-state index in [0.717, 1.165) is 37.6 Å². The van der Waals surface area contributed by atoms with Gasteiger partial charge in [-0.2, -0.15) is 0 Å². The zero-order valence-electron chi connectivity index (χ0n) is 28.4. The molecule has 2 aromatic rings. The van der Waals surface area contributed by atoms with Crippen LogP contribution in [0.2, 0.25) is 0 Å². The van der Waals surface area contributed by atoms with Crippen molar-refractivity contribution in [1.82, 2.24) is 20.9 Å². The van der Waals surface area contributed by atoms with E-state index in [1.54, 1.807) is 4.90 Å². The minimum absolute atomic E-state index is 0.228. The van der Waals surface area contributed by atoms with Gasteiger partial charge in [-0.15, -0.1) is 0 Å². The van der Waals surface area contributed by atoms with Gasteiger partial charge in [0.05, 0.1) is 0 Å². The van der Waals surface area contributed by atoms with Gasteiger partial charge in [0.15, 0.2) is 12.2 Å².